The van der Waals surface area contributed by atoms with Crippen LogP contribution in [0.5, 0.6) is 0 Å². The van der Waals surface area contributed by atoms with Crippen molar-refractivity contribution in [3.05, 3.63) is 33.6 Å². The summed E-state index contributed by atoms with van der Waals surface area (Å²) in [7, 11) is 0. The van der Waals surface area contributed by atoms with Crippen LogP contribution in [0.2, 0.25) is 0 Å². The van der Waals surface area contributed by atoms with Crippen LogP contribution in [-0.2, 0) is 32.7 Å². The van der Waals surface area contributed by atoms with Gasteiger partial charge >= 0.3 is 0 Å². The third-order valence-corrected chi connectivity index (χ3v) is 1.79. The van der Waals surface area contributed by atoms with Gasteiger partial charge in [-0.2, -0.15) is 11.4 Å². The number of hydrogen-bond acceptors (Lipinski definition) is 0. The zero-order valence-electron chi connectivity index (χ0n) is 7.23. The van der Waals surface area contributed by atoms with Gasteiger partial charge in [-0.3, -0.25) is 0 Å². The molecule has 0 spiro atoms. The third kappa shape index (κ3) is 1.99. The molecule has 0 aromatic heterocycles. The SMILES string of the molecule is CC1=C(F)C(F)=C(C)C(=[N-])C1=[N-].[Y]. The van der Waals surface area contributed by atoms with Crippen molar-refractivity contribution in [3.8, 4) is 0 Å². The topological polar surface area (TPSA) is 44.6 Å². The first-order chi connectivity index (χ1) is 5.46. The maximum atomic E-state index is 12.8. The van der Waals surface area contributed by atoms with Gasteiger partial charge in [0.2, 0.25) is 0 Å². The molecule has 0 atom stereocenters. The average molecular weight is 257 g/mol. The maximum Gasteiger partial charge on any atom is 0.160 e. The van der Waals surface area contributed by atoms with Crippen molar-refractivity contribution in [2.75, 3.05) is 0 Å². The molecule has 5 heteroatoms. The van der Waals surface area contributed by atoms with Crippen LogP contribution in [0.25, 0.3) is 10.8 Å². The monoisotopic (exact) mass is 257 g/mol. The average Bonchev–Trinajstić information content (AvgIpc) is 2.08. The van der Waals surface area contributed by atoms with Crippen molar-refractivity contribution in [1.29, 1.82) is 0 Å². The van der Waals surface area contributed by atoms with E-state index in [1.165, 1.54) is 13.8 Å². The van der Waals surface area contributed by atoms with Crippen LogP contribution < -0.4 is 0 Å². The van der Waals surface area contributed by atoms with E-state index in [-0.39, 0.29) is 43.9 Å². The van der Waals surface area contributed by atoms with E-state index >= 15 is 0 Å². The summed E-state index contributed by atoms with van der Waals surface area (Å²) in [5.74, 6) is -2.24. The first-order valence-electron chi connectivity index (χ1n) is 3.33. The predicted molar refractivity (Wildman–Crippen MR) is 44.3 cm³/mol. The fraction of sp³-hybridized carbons (Fsp3) is 0.250. The molecule has 0 fully saturated rings. The van der Waals surface area contributed by atoms with Gasteiger partial charge in [0.15, 0.2) is 11.7 Å². The quantitative estimate of drug-likeness (QED) is 0.598. The summed E-state index contributed by atoms with van der Waals surface area (Å²) in [6.07, 6.45) is 0. The molecule has 1 radical (unpaired) electrons. The Kier molecular flexibility index (Phi) is 4.26. The molecule has 67 valence electrons. The number of nitrogens with zero attached hydrogens (tertiary/aromatic N) is 2. The van der Waals surface area contributed by atoms with E-state index in [1.54, 1.807) is 0 Å². The van der Waals surface area contributed by atoms with Crippen molar-refractivity contribution in [1.82, 2.24) is 0 Å². The van der Waals surface area contributed by atoms with E-state index in [0.29, 0.717) is 0 Å². The van der Waals surface area contributed by atoms with Gasteiger partial charge in [-0.05, 0) is 25.0 Å². The molecule has 0 unspecified atom stereocenters. The molecule has 0 aromatic rings. The summed E-state index contributed by atoms with van der Waals surface area (Å²) in [5, 5.41) is 18.1. The summed E-state index contributed by atoms with van der Waals surface area (Å²) in [6, 6.07) is 0. The molecule has 0 heterocycles. The largest absolute Gasteiger partial charge is 0.805 e. The minimum absolute atomic E-state index is 0. The zero-order chi connectivity index (χ0) is 9.46. The molecule has 0 N–H and O–H groups in total. The van der Waals surface area contributed by atoms with E-state index in [1.807, 2.05) is 0 Å². The maximum absolute atomic E-state index is 12.8. The van der Waals surface area contributed by atoms with Crippen molar-refractivity contribution in [2.45, 2.75) is 13.8 Å². The Morgan fingerprint density at radius 3 is 1.31 bits per heavy atom. The van der Waals surface area contributed by atoms with Crippen LogP contribution in [-0.4, -0.2) is 11.4 Å². The Bertz CT molecular complexity index is 293. The second kappa shape index (κ2) is 4.33. The predicted octanol–water partition coefficient (Wildman–Crippen LogP) is 2.51. The standard InChI is InChI=1S/C8H6F2N2.Y/c1-3-5(9)6(10)4(2)8(12)7(3)11;/h1-2H3;/q-2;. The second-order valence-corrected chi connectivity index (χ2v) is 2.58. The Morgan fingerprint density at radius 1 is 0.846 bits per heavy atom. The molecule has 1 rings (SSSR count). The minimum atomic E-state index is -1.12. The smallest absolute Gasteiger partial charge is 0.160 e. The molecule has 0 saturated heterocycles. The van der Waals surface area contributed by atoms with Crippen LogP contribution in [0.1, 0.15) is 13.8 Å². The van der Waals surface area contributed by atoms with Gasteiger partial charge in [-0.15, -0.1) is 0 Å². The Labute approximate surface area is 100.0 Å². The van der Waals surface area contributed by atoms with E-state index in [4.69, 9.17) is 10.8 Å². The van der Waals surface area contributed by atoms with Crippen molar-refractivity contribution < 1.29 is 41.5 Å². The molecule has 0 aromatic carbocycles. The summed E-state index contributed by atoms with van der Waals surface area (Å²) >= 11 is 0. The molecule has 0 amide bonds. The molecule has 0 saturated carbocycles. The van der Waals surface area contributed by atoms with Crippen LogP contribution in [0.4, 0.5) is 8.78 Å². The third-order valence-electron chi connectivity index (χ3n) is 1.79. The van der Waals surface area contributed by atoms with Crippen LogP contribution in [0.15, 0.2) is 22.8 Å². The molecule has 0 bridgehead atoms. The van der Waals surface area contributed by atoms with Gasteiger partial charge < -0.3 is 10.8 Å². The molecule has 2 nitrogen and oxygen atoms in total. The van der Waals surface area contributed by atoms with Crippen LogP contribution in [0.3, 0.4) is 0 Å². The first kappa shape index (κ1) is 12.8. The number of hydrogen-bond donors (Lipinski definition) is 0. The van der Waals surface area contributed by atoms with Gasteiger partial charge in [0.05, 0.1) is 0 Å². The van der Waals surface area contributed by atoms with E-state index in [0.717, 1.165) is 0 Å². The molecule has 13 heavy (non-hydrogen) atoms. The Morgan fingerprint density at radius 2 is 1.08 bits per heavy atom. The van der Waals surface area contributed by atoms with Gasteiger partial charge in [-0.1, -0.05) is 0 Å². The van der Waals surface area contributed by atoms with Crippen molar-refractivity contribution in [2.24, 2.45) is 0 Å². The minimum Gasteiger partial charge on any atom is -0.805 e. The number of halogens is 2. The molecule has 0 aliphatic heterocycles. The van der Waals surface area contributed by atoms with Gasteiger partial charge in [0, 0.05) is 32.7 Å². The summed E-state index contributed by atoms with van der Waals surface area (Å²) in [4.78, 5) is 0. The Hall–Kier alpha value is -0.216. The summed E-state index contributed by atoms with van der Waals surface area (Å²) in [5.41, 5.74) is -1.77. The van der Waals surface area contributed by atoms with E-state index in [2.05, 4.69) is 0 Å². The number of rotatable bonds is 0. The summed E-state index contributed by atoms with van der Waals surface area (Å²) < 4.78 is 25.6. The first-order valence-corrected chi connectivity index (χ1v) is 3.33. The number of allylic oxidation sites excluding steroid dienone is 4. The van der Waals surface area contributed by atoms with Crippen LogP contribution in [0, 0.1) is 0 Å². The van der Waals surface area contributed by atoms with E-state index < -0.39 is 23.1 Å². The van der Waals surface area contributed by atoms with Gasteiger partial charge in [-0.25, -0.2) is 8.78 Å². The molecular weight excluding hydrogens is 251 g/mol. The second-order valence-electron chi connectivity index (χ2n) is 2.58. The summed E-state index contributed by atoms with van der Waals surface area (Å²) in [6.45, 7) is 2.37. The fourth-order valence-corrected chi connectivity index (χ4v) is 0.892. The van der Waals surface area contributed by atoms with Crippen molar-refractivity contribution in [3.63, 3.8) is 0 Å². The Balaban J connectivity index is 0.00000144. The zero-order valence-corrected chi connectivity index (χ0v) is 10.1. The normalized spacial score (nSPS) is 17.8. The van der Waals surface area contributed by atoms with Crippen LogP contribution >= 0.6 is 0 Å². The van der Waals surface area contributed by atoms with Gasteiger partial charge in [0.25, 0.3) is 0 Å². The fourth-order valence-electron chi connectivity index (χ4n) is 0.892. The van der Waals surface area contributed by atoms with Crippen molar-refractivity contribution >= 4 is 11.4 Å². The van der Waals surface area contributed by atoms with E-state index in [9.17, 15) is 8.78 Å². The molecule has 1 aliphatic carbocycles. The van der Waals surface area contributed by atoms with Gasteiger partial charge in [0.1, 0.15) is 0 Å². The molecular formula is C8H6F2N2Y-2. The molecule has 1 aliphatic rings.